The van der Waals surface area contributed by atoms with E-state index >= 15 is 0 Å². The maximum absolute atomic E-state index is 12.5. The van der Waals surface area contributed by atoms with E-state index in [1.165, 1.54) is 13.2 Å². The molecule has 0 radical (unpaired) electrons. The van der Waals surface area contributed by atoms with Crippen LogP contribution in [0.25, 0.3) is 0 Å². The van der Waals surface area contributed by atoms with E-state index < -0.39 is 11.9 Å². The molecule has 3 rings (SSSR count). The van der Waals surface area contributed by atoms with Crippen LogP contribution in [0.3, 0.4) is 0 Å². The van der Waals surface area contributed by atoms with Gasteiger partial charge in [-0.1, -0.05) is 50.3 Å². The molecule has 6 nitrogen and oxygen atoms in total. The molecule has 0 bridgehead atoms. The molecule has 0 aliphatic heterocycles. The zero-order valence-corrected chi connectivity index (χ0v) is 16.7. The van der Waals surface area contributed by atoms with E-state index in [0.717, 1.165) is 16.9 Å². The lowest BCUT2D eigenvalue weighted by atomic mass is 10.1. The normalized spacial score (nSPS) is 19.9. The van der Waals surface area contributed by atoms with Gasteiger partial charge in [0, 0.05) is 12.0 Å². The number of furan rings is 1. The average molecular weight is 393 g/mol. The first-order valence-electron chi connectivity index (χ1n) is 9.34. The Morgan fingerprint density at radius 2 is 1.97 bits per heavy atom. The number of nitriles is 1. The van der Waals surface area contributed by atoms with Gasteiger partial charge in [0.2, 0.25) is 0 Å². The van der Waals surface area contributed by atoms with Gasteiger partial charge in [-0.2, -0.15) is 5.26 Å². The van der Waals surface area contributed by atoms with Crippen LogP contribution in [0.2, 0.25) is 0 Å². The highest BCUT2D eigenvalue weighted by molar-refractivity contribution is 5.93. The number of carbonyl (C=O) groups excluding carboxylic acids is 2. The van der Waals surface area contributed by atoms with Crippen LogP contribution in [0.15, 0.2) is 58.7 Å². The fourth-order valence-electron chi connectivity index (χ4n) is 3.52. The lowest BCUT2D eigenvalue weighted by molar-refractivity contribution is -0.147. The van der Waals surface area contributed by atoms with Crippen molar-refractivity contribution >= 4 is 11.9 Å². The van der Waals surface area contributed by atoms with Crippen LogP contribution >= 0.6 is 0 Å². The Kier molecular flexibility index (Phi) is 5.88. The minimum absolute atomic E-state index is 0.0961. The maximum Gasteiger partial charge on any atom is 0.348 e. The van der Waals surface area contributed by atoms with Crippen molar-refractivity contribution in [3.05, 3.63) is 71.2 Å². The predicted octanol–water partition coefficient (Wildman–Crippen LogP) is 3.81. The summed E-state index contributed by atoms with van der Waals surface area (Å²) in [5.74, 6) is -0.921. The van der Waals surface area contributed by atoms with Crippen molar-refractivity contribution in [3.8, 4) is 6.07 Å². The molecule has 1 fully saturated rings. The van der Waals surface area contributed by atoms with Crippen LogP contribution in [-0.2, 0) is 32.1 Å². The zero-order chi connectivity index (χ0) is 21.0. The Morgan fingerprint density at radius 1 is 1.24 bits per heavy atom. The molecule has 29 heavy (non-hydrogen) atoms. The molecule has 0 amide bonds. The van der Waals surface area contributed by atoms with Crippen molar-refractivity contribution in [2.24, 2.45) is 17.3 Å². The summed E-state index contributed by atoms with van der Waals surface area (Å²) in [5.41, 5.74) is 1.43. The molecule has 0 saturated heterocycles. The molecular formula is C23H23NO5. The molecule has 0 N–H and O–H groups in total. The first-order chi connectivity index (χ1) is 13.9. The van der Waals surface area contributed by atoms with Gasteiger partial charge in [0.25, 0.3) is 0 Å². The minimum Gasteiger partial charge on any atom is -0.469 e. The number of allylic oxidation sites excluding steroid dienone is 1. The molecule has 6 heteroatoms. The SMILES string of the molecule is COC(=O)/C(C#N)=C/C1[C@@H](C(=O)OCc2coc(Cc3ccccc3)c2)C1(C)C. The van der Waals surface area contributed by atoms with E-state index in [1.54, 1.807) is 6.26 Å². The number of esters is 2. The van der Waals surface area contributed by atoms with Crippen molar-refractivity contribution in [2.75, 3.05) is 7.11 Å². The summed E-state index contributed by atoms with van der Waals surface area (Å²) in [6.45, 7) is 3.92. The number of methoxy groups -OCH3 is 1. The van der Waals surface area contributed by atoms with Gasteiger partial charge in [0.15, 0.2) is 0 Å². The fourth-order valence-corrected chi connectivity index (χ4v) is 3.52. The van der Waals surface area contributed by atoms with E-state index in [2.05, 4.69) is 4.74 Å². The van der Waals surface area contributed by atoms with Gasteiger partial charge in [0.05, 0.1) is 19.3 Å². The molecule has 2 aromatic rings. The Labute approximate surface area is 169 Å². The van der Waals surface area contributed by atoms with Gasteiger partial charge < -0.3 is 13.9 Å². The number of benzene rings is 1. The van der Waals surface area contributed by atoms with Crippen molar-refractivity contribution in [3.63, 3.8) is 0 Å². The summed E-state index contributed by atoms with van der Waals surface area (Å²) < 4.78 is 15.6. The molecule has 1 heterocycles. The first-order valence-corrected chi connectivity index (χ1v) is 9.34. The third kappa shape index (κ3) is 4.57. The third-order valence-electron chi connectivity index (χ3n) is 5.35. The highest BCUT2D eigenvalue weighted by Gasteiger charge is 2.61. The van der Waals surface area contributed by atoms with Crippen molar-refractivity contribution < 1.29 is 23.5 Å². The summed E-state index contributed by atoms with van der Waals surface area (Å²) in [7, 11) is 1.22. The summed E-state index contributed by atoms with van der Waals surface area (Å²) in [5, 5.41) is 9.11. The second-order valence-corrected chi connectivity index (χ2v) is 7.70. The number of hydrogen-bond donors (Lipinski definition) is 0. The van der Waals surface area contributed by atoms with Crippen molar-refractivity contribution in [2.45, 2.75) is 26.9 Å². The van der Waals surface area contributed by atoms with Crippen LogP contribution in [0.5, 0.6) is 0 Å². The van der Waals surface area contributed by atoms with Gasteiger partial charge in [-0.25, -0.2) is 4.79 Å². The Balaban J connectivity index is 1.58. The summed E-state index contributed by atoms with van der Waals surface area (Å²) in [4.78, 5) is 24.1. The molecule has 1 aliphatic carbocycles. The number of hydrogen-bond acceptors (Lipinski definition) is 6. The molecule has 1 saturated carbocycles. The van der Waals surface area contributed by atoms with E-state index in [4.69, 9.17) is 14.4 Å². The molecule has 1 aromatic heterocycles. The van der Waals surface area contributed by atoms with Crippen molar-refractivity contribution in [1.29, 1.82) is 5.26 Å². The number of rotatable bonds is 7. The highest BCUT2D eigenvalue weighted by atomic mass is 16.5. The van der Waals surface area contributed by atoms with Crippen LogP contribution in [0.1, 0.15) is 30.7 Å². The first kappa shape index (κ1) is 20.4. The maximum atomic E-state index is 12.5. The fraction of sp³-hybridized carbons (Fsp3) is 0.348. The quantitative estimate of drug-likeness (QED) is 0.404. The monoisotopic (exact) mass is 393 g/mol. The number of carbonyl (C=O) groups is 2. The molecule has 150 valence electrons. The lowest BCUT2D eigenvalue weighted by Crippen LogP contribution is -2.10. The van der Waals surface area contributed by atoms with Crippen LogP contribution in [-0.4, -0.2) is 19.0 Å². The standard InChI is InChI=1S/C23H23NO5/c1-23(2)19(11-17(12-24)21(25)27-3)20(23)22(26)29-14-16-10-18(28-13-16)9-15-7-5-4-6-8-15/h4-8,10-11,13,19-20H,9,14H2,1-3H3/b17-11+/t19?,20-/m0/s1. The zero-order valence-electron chi connectivity index (χ0n) is 16.7. The van der Waals surface area contributed by atoms with Gasteiger partial charge in [-0.15, -0.1) is 0 Å². The lowest BCUT2D eigenvalue weighted by Gasteiger charge is -2.03. The summed E-state index contributed by atoms with van der Waals surface area (Å²) >= 11 is 0. The average Bonchev–Trinajstić information content (AvgIpc) is 3.02. The van der Waals surface area contributed by atoms with Crippen LogP contribution < -0.4 is 0 Å². The molecule has 1 unspecified atom stereocenters. The Morgan fingerprint density at radius 3 is 2.62 bits per heavy atom. The second-order valence-electron chi connectivity index (χ2n) is 7.70. The van der Waals surface area contributed by atoms with E-state index in [9.17, 15) is 9.59 Å². The van der Waals surface area contributed by atoms with Crippen LogP contribution in [0, 0.1) is 28.6 Å². The van der Waals surface area contributed by atoms with Crippen LogP contribution in [0.4, 0.5) is 0 Å². The van der Waals surface area contributed by atoms with Gasteiger partial charge >= 0.3 is 11.9 Å². The largest absolute Gasteiger partial charge is 0.469 e. The number of ether oxygens (including phenoxy) is 2. The molecule has 1 aliphatic rings. The molecule has 1 aromatic carbocycles. The van der Waals surface area contributed by atoms with E-state index in [1.807, 2.05) is 56.3 Å². The van der Waals surface area contributed by atoms with E-state index in [-0.39, 0.29) is 29.5 Å². The number of nitrogens with zero attached hydrogens (tertiary/aromatic N) is 1. The minimum atomic E-state index is -0.702. The topological polar surface area (TPSA) is 89.5 Å². The molecule has 2 atom stereocenters. The predicted molar refractivity (Wildman–Crippen MR) is 104 cm³/mol. The Hall–Kier alpha value is -3.33. The summed E-state index contributed by atoms with van der Waals surface area (Å²) in [6, 6.07) is 13.7. The smallest absolute Gasteiger partial charge is 0.348 e. The highest BCUT2D eigenvalue weighted by Crippen LogP contribution is 2.59. The summed E-state index contributed by atoms with van der Waals surface area (Å²) in [6.07, 6.45) is 3.77. The molecule has 0 spiro atoms. The van der Waals surface area contributed by atoms with Gasteiger partial charge in [-0.3, -0.25) is 4.79 Å². The van der Waals surface area contributed by atoms with Gasteiger partial charge in [0.1, 0.15) is 24.0 Å². The van der Waals surface area contributed by atoms with Crippen molar-refractivity contribution in [1.82, 2.24) is 0 Å². The molecular weight excluding hydrogens is 370 g/mol. The van der Waals surface area contributed by atoms with Gasteiger partial charge in [-0.05, 0) is 23.0 Å². The third-order valence-corrected chi connectivity index (χ3v) is 5.35. The second kappa shape index (κ2) is 8.36. The Bertz CT molecular complexity index is 965. The van der Waals surface area contributed by atoms with E-state index in [0.29, 0.717) is 6.42 Å².